The summed E-state index contributed by atoms with van der Waals surface area (Å²) in [5.41, 5.74) is 10.4. The number of rotatable bonds is 1. The second kappa shape index (κ2) is 3.63. The van der Waals surface area contributed by atoms with Crippen molar-refractivity contribution in [1.29, 1.82) is 0 Å². The van der Waals surface area contributed by atoms with Crippen LogP contribution < -0.4 is 5.73 Å². The van der Waals surface area contributed by atoms with E-state index in [2.05, 4.69) is 24.2 Å². The molecule has 0 bridgehead atoms. The van der Waals surface area contributed by atoms with E-state index in [1.54, 1.807) is 0 Å². The molecule has 0 amide bonds. The largest absolute Gasteiger partial charge is 0.399 e. The molecule has 3 aromatic rings. The van der Waals surface area contributed by atoms with E-state index in [9.17, 15) is 0 Å². The van der Waals surface area contributed by atoms with Crippen LogP contribution in [0.4, 0.5) is 5.69 Å². The lowest BCUT2D eigenvalue weighted by atomic mass is 10.1. The lowest BCUT2D eigenvalue weighted by molar-refractivity contribution is 0.459. The van der Waals surface area contributed by atoms with Gasteiger partial charge in [-0.15, -0.1) is 0 Å². The summed E-state index contributed by atoms with van der Waals surface area (Å²) in [6.45, 7) is 2.06. The van der Waals surface area contributed by atoms with E-state index < -0.39 is 0 Å². The molecule has 84 valence electrons. The van der Waals surface area contributed by atoms with Gasteiger partial charge in [0.25, 0.3) is 0 Å². The molecule has 3 heteroatoms. The highest BCUT2D eigenvalue weighted by Gasteiger charge is 2.10. The number of hydrogen-bond acceptors (Lipinski definition) is 3. The van der Waals surface area contributed by atoms with Crippen LogP contribution in [0.2, 0.25) is 0 Å². The molecule has 0 unspecified atom stereocenters. The van der Waals surface area contributed by atoms with Crippen molar-refractivity contribution in [2.45, 2.75) is 6.92 Å². The molecule has 0 aliphatic heterocycles. The Morgan fingerprint density at radius 1 is 1.12 bits per heavy atom. The molecule has 0 saturated carbocycles. The molecule has 2 N–H and O–H groups in total. The van der Waals surface area contributed by atoms with Crippen LogP contribution in [0.1, 0.15) is 5.56 Å². The van der Waals surface area contributed by atoms with Crippen molar-refractivity contribution < 1.29 is 4.52 Å². The predicted molar refractivity (Wildman–Crippen MR) is 68.6 cm³/mol. The highest BCUT2D eigenvalue weighted by Crippen LogP contribution is 2.29. The summed E-state index contributed by atoms with van der Waals surface area (Å²) in [7, 11) is 0. The molecule has 0 fully saturated rings. The van der Waals surface area contributed by atoms with Gasteiger partial charge in [-0.3, -0.25) is 0 Å². The number of anilines is 1. The van der Waals surface area contributed by atoms with Crippen molar-refractivity contribution in [1.82, 2.24) is 5.16 Å². The fourth-order valence-electron chi connectivity index (χ4n) is 1.96. The molecule has 0 spiro atoms. The van der Waals surface area contributed by atoms with Crippen molar-refractivity contribution >= 4 is 16.7 Å². The molecule has 1 heterocycles. The standard InChI is InChI=1S/C14H12N2O/c1-9-3-2-4-10(7-9)14-12-8-11(15)5-6-13(12)17-16-14/h2-8H,15H2,1H3. The van der Waals surface area contributed by atoms with Crippen LogP contribution in [-0.4, -0.2) is 5.16 Å². The fourth-order valence-corrected chi connectivity index (χ4v) is 1.96. The summed E-state index contributed by atoms with van der Waals surface area (Å²) in [4.78, 5) is 0. The Bertz CT molecular complexity index is 686. The Balaban J connectivity index is 2.27. The Hall–Kier alpha value is -2.29. The van der Waals surface area contributed by atoms with E-state index in [1.807, 2.05) is 30.3 Å². The summed E-state index contributed by atoms with van der Waals surface area (Å²) < 4.78 is 5.29. The van der Waals surface area contributed by atoms with Crippen LogP contribution in [0, 0.1) is 6.92 Å². The number of aromatic nitrogens is 1. The van der Waals surface area contributed by atoms with Crippen molar-refractivity contribution in [3.8, 4) is 11.3 Å². The zero-order valence-corrected chi connectivity index (χ0v) is 9.47. The first-order valence-electron chi connectivity index (χ1n) is 5.46. The first-order chi connectivity index (χ1) is 8.24. The van der Waals surface area contributed by atoms with Crippen molar-refractivity contribution in [2.75, 3.05) is 5.73 Å². The molecule has 2 aromatic carbocycles. The Morgan fingerprint density at radius 2 is 2.00 bits per heavy atom. The average molecular weight is 224 g/mol. The van der Waals surface area contributed by atoms with Gasteiger partial charge in [0.2, 0.25) is 0 Å². The number of nitrogen functional groups attached to an aromatic ring is 1. The smallest absolute Gasteiger partial charge is 0.167 e. The molecular formula is C14H12N2O. The normalized spacial score (nSPS) is 10.9. The molecule has 0 radical (unpaired) electrons. The number of fused-ring (bicyclic) bond motifs is 1. The van der Waals surface area contributed by atoms with Crippen molar-refractivity contribution in [3.05, 3.63) is 48.0 Å². The minimum Gasteiger partial charge on any atom is -0.399 e. The Labute approximate surface area is 98.8 Å². The zero-order valence-electron chi connectivity index (χ0n) is 9.47. The van der Waals surface area contributed by atoms with E-state index in [0.29, 0.717) is 0 Å². The predicted octanol–water partition coefficient (Wildman–Crippen LogP) is 3.39. The van der Waals surface area contributed by atoms with E-state index in [4.69, 9.17) is 10.3 Å². The molecule has 0 atom stereocenters. The quantitative estimate of drug-likeness (QED) is 0.644. The van der Waals surface area contributed by atoms with Crippen LogP contribution in [0.15, 0.2) is 47.0 Å². The van der Waals surface area contributed by atoms with Crippen molar-refractivity contribution in [2.24, 2.45) is 0 Å². The minimum atomic E-state index is 0.717. The second-order valence-electron chi connectivity index (χ2n) is 4.16. The topological polar surface area (TPSA) is 52.0 Å². The molecule has 0 aliphatic carbocycles. The Morgan fingerprint density at radius 3 is 2.82 bits per heavy atom. The number of aryl methyl sites for hydroxylation is 1. The van der Waals surface area contributed by atoms with E-state index in [-0.39, 0.29) is 0 Å². The van der Waals surface area contributed by atoms with Crippen LogP contribution in [0.3, 0.4) is 0 Å². The molecule has 0 aliphatic rings. The first kappa shape index (κ1) is 9.90. The molecule has 3 rings (SSSR count). The van der Waals surface area contributed by atoms with Gasteiger partial charge in [0.1, 0.15) is 5.69 Å². The molecular weight excluding hydrogens is 212 g/mol. The lowest BCUT2D eigenvalue weighted by Crippen LogP contribution is -1.84. The maximum atomic E-state index is 5.79. The van der Waals surface area contributed by atoms with Crippen LogP contribution in [0.25, 0.3) is 22.2 Å². The molecule has 1 aromatic heterocycles. The van der Waals surface area contributed by atoms with Gasteiger partial charge in [-0.1, -0.05) is 28.9 Å². The second-order valence-corrected chi connectivity index (χ2v) is 4.16. The SMILES string of the molecule is Cc1cccc(-c2noc3ccc(N)cc23)c1. The van der Waals surface area contributed by atoms with Gasteiger partial charge in [0.05, 0.1) is 5.39 Å². The van der Waals surface area contributed by atoms with E-state index >= 15 is 0 Å². The van der Waals surface area contributed by atoms with Crippen molar-refractivity contribution in [3.63, 3.8) is 0 Å². The highest BCUT2D eigenvalue weighted by molar-refractivity contribution is 5.93. The van der Waals surface area contributed by atoms with Gasteiger partial charge in [-0.25, -0.2) is 0 Å². The third-order valence-electron chi connectivity index (χ3n) is 2.79. The van der Waals surface area contributed by atoms with Gasteiger partial charge in [0, 0.05) is 11.3 Å². The monoisotopic (exact) mass is 224 g/mol. The summed E-state index contributed by atoms with van der Waals surface area (Å²) >= 11 is 0. The number of nitrogens with zero attached hydrogens (tertiary/aromatic N) is 1. The third-order valence-corrected chi connectivity index (χ3v) is 2.79. The number of hydrogen-bond donors (Lipinski definition) is 1. The highest BCUT2D eigenvalue weighted by atomic mass is 16.5. The summed E-state index contributed by atoms with van der Waals surface area (Å²) in [6, 6.07) is 13.7. The van der Waals surface area contributed by atoms with E-state index in [0.717, 1.165) is 27.9 Å². The van der Waals surface area contributed by atoms with Gasteiger partial charge in [0.15, 0.2) is 5.58 Å². The van der Waals surface area contributed by atoms with Gasteiger partial charge >= 0.3 is 0 Å². The van der Waals surface area contributed by atoms with Crippen LogP contribution >= 0.6 is 0 Å². The third kappa shape index (κ3) is 1.65. The maximum absolute atomic E-state index is 5.79. The van der Waals surface area contributed by atoms with Gasteiger partial charge in [-0.2, -0.15) is 0 Å². The number of nitrogens with two attached hydrogens (primary N) is 1. The Kier molecular flexibility index (Phi) is 2.11. The number of benzene rings is 2. The molecule has 3 nitrogen and oxygen atoms in total. The molecule has 0 saturated heterocycles. The summed E-state index contributed by atoms with van der Waals surface area (Å²) in [6.07, 6.45) is 0. The average Bonchev–Trinajstić information content (AvgIpc) is 2.71. The van der Waals surface area contributed by atoms with Crippen LogP contribution in [-0.2, 0) is 0 Å². The maximum Gasteiger partial charge on any atom is 0.167 e. The van der Waals surface area contributed by atoms with E-state index in [1.165, 1.54) is 5.56 Å². The first-order valence-corrected chi connectivity index (χ1v) is 5.46. The van der Waals surface area contributed by atoms with Crippen LogP contribution in [0.5, 0.6) is 0 Å². The summed E-state index contributed by atoms with van der Waals surface area (Å²) in [5, 5.41) is 5.07. The van der Waals surface area contributed by atoms with Gasteiger partial charge < -0.3 is 10.3 Å². The zero-order chi connectivity index (χ0) is 11.8. The fraction of sp³-hybridized carbons (Fsp3) is 0.0714. The lowest BCUT2D eigenvalue weighted by Gasteiger charge is -1.99. The molecule has 17 heavy (non-hydrogen) atoms. The summed E-state index contributed by atoms with van der Waals surface area (Å²) in [5.74, 6) is 0. The minimum absolute atomic E-state index is 0.717. The van der Waals surface area contributed by atoms with Gasteiger partial charge in [-0.05, 0) is 31.2 Å².